The Kier molecular flexibility index (Phi) is 12.1. The fourth-order valence-corrected chi connectivity index (χ4v) is 7.74. The minimum atomic E-state index is -2.15. The fraction of sp³-hybridized carbons (Fsp3) is 0.424. The Morgan fingerprint density at radius 1 is 0.583 bits per heavy atom. The third-order valence-corrected chi connectivity index (χ3v) is 9.98. The van der Waals surface area contributed by atoms with E-state index in [1.807, 2.05) is 43.3 Å². The highest BCUT2D eigenvalue weighted by atomic mass is 32.3. The number of rotatable bonds is 16. The molecule has 0 saturated heterocycles. The average molecular weight is 505 g/mol. The molecule has 0 unspecified atom stereocenters. The molecule has 36 heavy (non-hydrogen) atoms. The molecule has 194 valence electrons. The van der Waals surface area contributed by atoms with Crippen molar-refractivity contribution in [2.24, 2.45) is 0 Å². The summed E-state index contributed by atoms with van der Waals surface area (Å²) < 4.78 is 6.40. The van der Waals surface area contributed by atoms with Crippen LogP contribution < -0.4 is 0 Å². The maximum Gasteiger partial charge on any atom is 0.316 e. The second kappa shape index (κ2) is 15.6. The lowest BCUT2D eigenvalue weighted by molar-refractivity contribution is -0.133. The number of hydrogen-bond acceptors (Lipinski definition) is 2. The van der Waals surface area contributed by atoms with Gasteiger partial charge >= 0.3 is 5.97 Å². The lowest BCUT2D eigenvalue weighted by Gasteiger charge is -2.39. The van der Waals surface area contributed by atoms with E-state index in [1.54, 1.807) is 0 Å². The lowest BCUT2D eigenvalue weighted by Crippen LogP contribution is -2.13. The molecule has 0 atom stereocenters. The Hall–Kier alpha value is -2.52. The number of unbranched alkanes of at least 4 members (excludes halogenated alkanes) is 9. The van der Waals surface area contributed by atoms with Crippen molar-refractivity contribution in [1.82, 2.24) is 0 Å². The summed E-state index contributed by atoms with van der Waals surface area (Å²) in [6.45, 7) is 4.14. The molecule has 2 nitrogen and oxygen atoms in total. The second-order valence-electron chi connectivity index (χ2n) is 9.57. The van der Waals surface area contributed by atoms with Crippen LogP contribution in [0.3, 0.4) is 0 Å². The van der Waals surface area contributed by atoms with Gasteiger partial charge in [0.25, 0.3) is 0 Å². The van der Waals surface area contributed by atoms with Gasteiger partial charge in [0.1, 0.15) is 0 Å². The van der Waals surface area contributed by atoms with Crippen molar-refractivity contribution >= 4 is 16.3 Å². The van der Waals surface area contributed by atoms with E-state index in [4.69, 9.17) is 4.18 Å². The molecule has 3 aromatic rings. The van der Waals surface area contributed by atoms with Crippen molar-refractivity contribution in [2.75, 3.05) is 0 Å². The van der Waals surface area contributed by atoms with Gasteiger partial charge in [0, 0.05) is 21.1 Å². The van der Waals surface area contributed by atoms with E-state index in [9.17, 15) is 4.79 Å². The Bertz CT molecular complexity index is 959. The van der Waals surface area contributed by atoms with Gasteiger partial charge in [-0.05, 0) is 65.1 Å². The van der Waals surface area contributed by atoms with E-state index in [0.717, 1.165) is 21.1 Å². The largest absolute Gasteiger partial charge is 0.402 e. The fourth-order valence-electron chi connectivity index (χ4n) is 4.64. The third kappa shape index (κ3) is 8.00. The first-order chi connectivity index (χ1) is 17.7. The Labute approximate surface area is 221 Å². The monoisotopic (exact) mass is 504 g/mol. The van der Waals surface area contributed by atoms with Crippen LogP contribution in [0.2, 0.25) is 0 Å². The molecule has 0 fully saturated rings. The van der Waals surface area contributed by atoms with Gasteiger partial charge in [-0.2, -0.15) is 0 Å². The van der Waals surface area contributed by atoms with Crippen LogP contribution in [-0.4, -0.2) is 5.97 Å². The Balaban J connectivity index is 1.68. The minimum absolute atomic E-state index is 0.174. The molecule has 0 bridgehead atoms. The molecular weight excluding hydrogens is 460 g/mol. The van der Waals surface area contributed by atoms with E-state index in [2.05, 4.69) is 55.5 Å². The Morgan fingerprint density at radius 3 is 1.50 bits per heavy atom. The first-order valence-corrected chi connectivity index (χ1v) is 15.5. The van der Waals surface area contributed by atoms with Crippen molar-refractivity contribution in [3.63, 3.8) is 0 Å². The summed E-state index contributed by atoms with van der Waals surface area (Å²) in [5.41, 5.74) is 1.36. The number of carbonyl (C=O) groups is 1. The summed E-state index contributed by atoms with van der Waals surface area (Å²) >= 11 is 0. The molecule has 0 aliphatic heterocycles. The standard InChI is InChI=1S/C33H44O2S/c1-3-5-6-7-8-9-10-11-12-15-20-29-25-27-32(28-26-29)36(35-33(34)4-2,30-21-16-13-17-22-30)31-23-18-14-19-24-31/h13-14,16-19,21-28H,3-12,15,20H2,1-2H3. The Morgan fingerprint density at radius 2 is 1.03 bits per heavy atom. The van der Waals surface area contributed by atoms with Crippen LogP contribution in [0.5, 0.6) is 0 Å². The maximum absolute atomic E-state index is 12.7. The maximum atomic E-state index is 12.7. The van der Waals surface area contributed by atoms with Crippen LogP contribution in [0.15, 0.2) is 99.6 Å². The van der Waals surface area contributed by atoms with E-state index in [1.165, 1.54) is 69.8 Å². The van der Waals surface area contributed by atoms with Gasteiger partial charge in [0.2, 0.25) is 0 Å². The molecule has 3 heteroatoms. The highest BCUT2D eigenvalue weighted by Gasteiger charge is 2.35. The SMILES string of the molecule is CCCCCCCCCCCCc1ccc(S(OC(=O)CC)(c2ccccc2)c2ccccc2)cc1. The molecule has 0 spiro atoms. The number of aryl methyl sites for hydroxylation is 1. The van der Waals surface area contributed by atoms with Crippen molar-refractivity contribution in [3.8, 4) is 0 Å². The van der Waals surface area contributed by atoms with Crippen LogP contribution in [0, 0.1) is 0 Å². The summed E-state index contributed by atoms with van der Waals surface area (Å²) in [6, 6.07) is 29.3. The zero-order valence-corrected chi connectivity index (χ0v) is 23.1. The molecule has 0 saturated carbocycles. The van der Waals surface area contributed by atoms with Crippen LogP contribution in [0.4, 0.5) is 0 Å². The predicted molar refractivity (Wildman–Crippen MR) is 154 cm³/mol. The van der Waals surface area contributed by atoms with Crippen LogP contribution in [0.25, 0.3) is 0 Å². The van der Waals surface area contributed by atoms with Crippen molar-refractivity contribution in [2.45, 2.75) is 106 Å². The van der Waals surface area contributed by atoms with Gasteiger partial charge in [0.15, 0.2) is 0 Å². The predicted octanol–water partition coefficient (Wildman–Crippen LogP) is 10.3. The van der Waals surface area contributed by atoms with Crippen LogP contribution in [0.1, 0.15) is 90.0 Å². The highest BCUT2D eigenvalue weighted by molar-refractivity contribution is 8.30. The van der Waals surface area contributed by atoms with E-state index in [0.29, 0.717) is 6.42 Å². The summed E-state index contributed by atoms with van der Waals surface area (Å²) in [7, 11) is -2.15. The second-order valence-corrected chi connectivity index (χ2v) is 12.3. The average Bonchev–Trinajstić information content (AvgIpc) is 2.94. The topological polar surface area (TPSA) is 26.3 Å². The number of benzene rings is 3. The first kappa shape index (κ1) is 28.1. The van der Waals surface area contributed by atoms with Crippen molar-refractivity contribution in [3.05, 3.63) is 90.5 Å². The molecule has 0 radical (unpaired) electrons. The molecule has 0 aliphatic carbocycles. The van der Waals surface area contributed by atoms with Crippen molar-refractivity contribution in [1.29, 1.82) is 0 Å². The minimum Gasteiger partial charge on any atom is -0.402 e. The molecule has 0 heterocycles. The first-order valence-electron chi connectivity index (χ1n) is 14.0. The molecule has 0 aromatic heterocycles. The van der Waals surface area contributed by atoms with Gasteiger partial charge in [-0.25, -0.2) is 0 Å². The van der Waals surface area contributed by atoms with Gasteiger partial charge < -0.3 is 4.18 Å². The van der Waals surface area contributed by atoms with E-state index in [-0.39, 0.29) is 5.97 Å². The van der Waals surface area contributed by atoms with Crippen LogP contribution >= 0.6 is 10.3 Å². The van der Waals surface area contributed by atoms with Gasteiger partial charge in [-0.15, -0.1) is 0 Å². The van der Waals surface area contributed by atoms with Crippen LogP contribution in [-0.2, 0) is 15.4 Å². The van der Waals surface area contributed by atoms with Gasteiger partial charge in [-0.1, -0.05) is 120 Å². The molecular formula is C33H44O2S. The summed E-state index contributed by atoms with van der Waals surface area (Å²) in [5.74, 6) is -0.174. The zero-order valence-electron chi connectivity index (χ0n) is 22.3. The zero-order chi connectivity index (χ0) is 25.5. The molecule has 0 amide bonds. The number of carbonyl (C=O) groups excluding carboxylic acids is 1. The quantitative estimate of drug-likeness (QED) is 0.181. The molecule has 0 N–H and O–H groups in total. The summed E-state index contributed by atoms with van der Waals surface area (Å²) in [6.07, 6.45) is 15.0. The van der Waals surface area contributed by atoms with Gasteiger partial charge in [-0.3, -0.25) is 4.79 Å². The third-order valence-electron chi connectivity index (χ3n) is 6.73. The van der Waals surface area contributed by atoms with Gasteiger partial charge in [0.05, 0.1) is 0 Å². The van der Waals surface area contributed by atoms with E-state index < -0.39 is 10.3 Å². The summed E-state index contributed by atoms with van der Waals surface area (Å²) in [4.78, 5) is 15.9. The molecule has 3 rings (SSSR count). The smallest absolute Gasteiger partial charge is 0.316 e. The lowest BCUT2D eigenvalue weighted by atomic mass is 10.0. The highest BCUT2D eigenvalue weighted by Crippen LogP contribution is 2.69. The number of hydrogen-bond donors (Lipinski definition) is 0. The molecule has 0 aliphatic rings. The molecule has 3 aromatic carbocycles. The summed E-state index contributed by atoms with van der Waals surface area (Å²) in [5, 5.41) is 0. The van der Waals surface area contributed by atoms with E-state index >= 15 is 0 Å². The normalized spacial score (nSPS) is 11.8. The van der Waals surface area contributed by atoms with Crippen molar-refractivity contribution < 1.29 is 8.98 Å².